The summed E-state index contributed by atoms with van der Waals surface area (Å²) in [4.78, 5) is 7.38. The minimum Gasteiger partial charge on any atom is -0.332 e. The molecule has 1 aromatic heterocycles. The van der Waals surface area contributed by atoms with Gasteiger partial charge in [0.2, 0.25) is 0 Å². The van der Waals surface area contributed by atoms with E-state index in [9.17, 15) is 0 Å². The molecule has 0 aliphatic carbocycles. The van der Waals surface area contributed by atoms with E-state index in [2.05, 4.69) is 58.8 Å². The highest BCUT2D eigenvalue weighted by atomic mass is 79.9. The summed E-state index contributed by atoms with van der Waals surface area (Å²) in [6.45, 7) is 6.18. The molecule has 86 valence electrons. The Morgan fingerprint density at radius 3 is 2.29 bits per heavy atom. The fourth-order valence-electron chi connectivity index (χ4n) is 2.10. The highest BCUT2D eigenvalue weighted by Gasteiger charge is 2.13. The Kier molecular flexibility index (Phi) is 3.03. The zero-order valence-electron chi connectivity index (χ0n) is 9.93. The predicted octanol–water partition coefficient (Wildman–Crippen LogP) is 3.64. The Morgan fingerprint density at radius 1 is 1.24 bits per heavy atom. The lowest BCUT2D eigenvalue weighted by Crippen LogP contribution is -1.91. The maximum atomic E-state index is 8.90. The van der Waals surface area contributed by atoms with Crippen molar-refractivity contribution in [3.8, 4) is 17.5 Å². The van der Waals surface area contributed by atoms with Crippen molar-refractivity contribution in [2.75, 3.05) is 0 Å². The monoisotopic (exact) mass is 289 g/mol. The zero-order valence-corrected chi connectivity index (χ0v) is 11.5. The van der Waals surface area contributed by atoms with Gasteiger partial charge in [0.1, 0.15) is 16.5 Å². The van der Waals surface area contributed by atoms with Gasteiger partial charge in [-0.1, -0.05) is 17.7 Å². The fraction of sp³-hybridized carbons (Fsp3) is 0.231. The Labute approximate surface area is 109 Å². The summed E-state index contributed by atoms with van der Waals surface area (Å²) in [6, 6.07) is 6.28. The summed E-state index contributed by atoms with van der Waals surface area (Å²) in [5.41, 5.74) is 5.01. The van der Waals surface area contributed by atoms with Gasteiger partial charge in [-0.3, -0.25) is 0 Å². The van der Waals surface area contributed by atoms with Crippen molar-refractivity contribution in [2.45, 2.75) is 20.8 Å². The summed E-state index contributed by atoms with van der Waals surface area (Å²) < 4.78 is 0.634. The van der Waals surface area contributed by atoms with Gasteiger partial charge >= 0.3 is 0 Å². The van der Waals surface area contributed by atoms with Crippen molar-refractivity contribution in [2.24, 2.45) is 0 Å². The normalized spacial score (nSPS) is 10.3. The number of hydrogen-bond donors (Lipinski definition) is 1. The van der Waals surface area contributed by atoms with Gasteiger partial charge in [0.15, 0.2) is 5.69 Å². The minimum atomic E-state index is 0.388. The second-order valence-electron chi connectivity index (χ2n) is 4.13. The minimum absolute atomic E-state index is 0.388. The average molecular weight is 290 g/mol. The number of aromatic nitrogens is 2. The lowest BCUT2D eigenvalue weighted by molar-refractivity contribution is 1.23. The molecule has 0 saturated heterocycles. The second kappa shape index (κ2) is 4.34. The number of aryl methyl sites for hydroxylation is 3. The molecule has 0 spiro atoms. The third-order valence-corrected chi connectivity index (χ3v) is 3.25. The lowest BCUT2D eigenvalue weighted by Gasteiger charge is -2.08. The molecule has 3 nitrogen and oxygen atoms in total. The van der Waals surface area contributed by atoms with Crippen LogP contribution in [0, 0.1) is 32.1 Å². The van der Waals surface area contributed by atoms with E-state index >= 15 is 0 Å². The molecule has 1 heterocycles. The largest absolute Gasteiger partial charge is 0.332 e. The molecule has 0 aliphatic heterocycles. The van der Waals surface area contributed by atoms with Crippen LogP contribution in [0.4, 0.5) is 0 Å². The standard InChI is InChI=1S/C13H12BrN3/c1-7-4-8(2)11(9(3)5-7)13-16-10(6-15)12(14)17-13/h4-5H,1-3H3,(H,16,17). The molecular formula is C13H12BrN3. The maximum absolute atomic E-state index is 8.90. The molecule has 0 bridgehead atoms. The number of hydrogen-bond acceptors (Lipinski definition) is 2. The van der Waals surface area contributed by atoms with Crippen LogP contribution in [0.15, 0.2) is 16.7 Å². The Morgan fingerprint density at radius 2 is 1.82 bits per heavy atom. The molecule has 17 heavy (non-hydrogen) atoms. The molecule has 0 fully saturated rings. The molecule has 0 unspecified atom stereocenters. The first-order valence-electron chi connectivity index (χ1n) is 5.26. The number of nitrogens with zero attached hydrogens (tertiary/aromatic N) is 2. The summed E-state index contributed by atoms with van der Waals surface area (Å²) in [5.74, 6) is 0.739. The molecule has 0 amide bonds. The van der Waals surface area contributed by atoms with Crippen LogP contribution in [0.3, 0.4) is 0 Å². The van der Waals surface area contributed by atoms with Crippen LogP contribution < -0.4 is 0 Å². The molecule has 0 radical (unpaired) electrons. The highest BCUT2D eigenvalue weighted by Crippen LogP contribution is 2.28. The lowest BCUT2D eigenvalue weighted by atomic mass is 9.99. The van der Waals surface area contributed by atoms with E-state index in [1.807, 2.05) is 6.07 Å². The van der Waals surface area contributed by atoms with Crippen molar-refractivity contribution < 1.29 is 0 Å². The molecule has 2 aromatic rings. The van der Waals surface area contributed by atoms with E-state index in [0.29, 0.717) is 10.3 Å². The SMILES string of the molecule is Cc1cc(C)c(-c2nc(C#N)c(Br)[nH]2)c(C)c1. The molecule has 2 rings (SSSR count). The van der Waals surface area contributed by atoms with Crippen LogP contribution >= 0.6 is 15.9 Å². The molecule has 4 heteroatoms. The summed E-state index contributed by atoms with van der Waals surface area (Å²) in [7, 11) is 0. The van der Waals surface area contributed by atoms with E-state index in [1.165, 1.54) is 5.56 Å². The quantitative estimate of drug-likeness (QED) is 0.871. The van der Waals surface area contributed by atoms with Gasteiger partial charge in [0, 0.05) is 5.56 Å². The first-order valence-corrected chi connectivity index (χ1v) is 6.06. The van der Waals surface area contributed by atoms with Gasteiger partial charge < -0.3 is 4.98 Å². The van der Waals surface area contributed by atoms with Crippen LogP contribution in [0.2, 0.25) is 0 Å². The summed E-state index contributed by atoms with van der Waals surface area (Å²) >= 11 is 3.30. The number of nitriles is 1. The average Bonchev–Trinajstić information content (AvgIpc) is 2.57. The predicted molar refractivity (Wildman–Crippen MR) is 70.6 cm³/mol. The molecule has 0 saturated carbocycles. The van der Waals surface area contributed by atoms with Crippen molar-refractivity contribution in [3.05, 3.63) is 39.1 Å². The van der Waals surface area contributed by atoms with Crippen molar-refractivity contribution in [3.63, 3.8) is 0 Å². The Balaban J connectivity index is 2.65. The van der Waals surface area contributed by atoms with Crippen LogP contribution in [0.25, 0.3) is 11.4 Å². The number of benzene rings is 1. The molecule has 0 atom stereocenters. The molecule has 0 aliphatic rings. The van der Waals surface area contributed by atoms with Crippen molar-refractivity contribution in [1.82, 2.24) is 9.97 Å². The number of H-pyrrole nitrogens is 1. The van der Waals surface area contributed by atoms with Crippen LogP contribution in [-0.2, 0) is 0 Å². The Bertz CT molecular complexity index is 597. The number of aromatic amines is 1. The number of halogens is 1. The molecule has 1 N–H and O–H groups in total. The van der Waals surface area contributed by atoms with Gasteiger partial charge in [-0.25, -0.2) is 4.98 Å². The van der Waals surface area contributed by atoms with E-state index in [-0.39, 0.29) is 0 Å². The van der Waals surface area contributed by atoms with Crippen LogP contribution in [-0.4, -0.2) is 9.97 Å². The van der Waals surface area contributed by atoms with Crippen LogP contribution in [0.5, 0.6) is 0 Å². The first kappa shape index (κ1) is 11.9. The summed E-state index contributed by atoms with van der Waals surface area (Å²) in [5, 5.41) is 8.90. The fourth-order valence-corrected chi connectivity index (χ4v) is 2.46. The van der Waals surface area contributed by atoms with Crippen molar-refractivity contribution >= 4 is 15.9 Å². The van der Waals surface area contributed by atoms with Crippen molar-refractivity contribution in [1.29, 1.82) is 5.26 Å². The van der Waals surface area contributed by atoms with E-state index in [0.717, 1.165) is 22.5 Å². The van der Waals surface area contributed by atoms with E-state index in [1.54, 1.807) is 0 Å². The third kappa shape index (κ3) is 2.11. The first-order chi connectivity index (χ1) is 8.02. The summed E-state index contributed by atoms with van der Waals surface area (Å²) in [6.07, 6.45) is 0. The maximum Gasteiger partial charge on any atom is 0.173 e. The van der Waals surface area contributed by atoms with Crippen LogP contribution in [0.1, 0.15) is 22.4 Å². The molecular weight excluding hydrogens is 278 g/mol. The van der Waals surface area contributed by atoms with Gasteiger partial charge in [-0.15, -0.1) is 0 Å². The third-order valence-electron chi connectivity index (χ3n) is 2.68. The second-order valence-corrected chi connectivity index (χ2v) is 4.93. The van der Waals surface area contributed by atoms with Gasteiger partial charge in [0.05, 0.1) is 0 Å². The topological polar surface area (TPSA) is 52.5 Å². The number of nitrogens with one attached hydrogen (secondary N) is 1. The van der Waals surface area contributed by atoms with Gasteiger partial charge in [-0.05, 0) is 47.8 Å². The Hall–Kier alpha value is -1.60. The zero-order chi connectivity index (χ0) is 12.6. The van der Waals surface area contributed by atoms with Gasteiger partial charge in [-0.2, -0.15) is 5.26 Å². The number of rotatable bonds is 1. The number of imidazole rings is 1. The smallest absolute Gasteiger partial charge is 0.173 e. The van der Waals surface area contributed by atoms with E-state index < -0.39 is 0 Å². The van der Waals surface area contributed by atoms with E-state index in [4.69, 9.17) is 5.26 Å². The molecule has 1 aromatic carbocycles. The highest BCUT2D eigenvalue weighted by molar-refractivity contribution is 9.10. The van der Waals surface area contributed by atoms with Gasteiger partial charge in [0.25, 0.3) is 0 Å².